The molecule has 7 heteroatoms. The molecule has 1 N–H and O–H groups in total. The maximum absolute atomic E-state index is 13.1. The number of fused-ring (bicyclic) bond motifs is 1. The van der Waals surface area contributed by atoms with Crippen LogP contribution in [0, 0.1) is 12.3 Å². The van der Waals surface area contributed by atoms with E-state index < -0.39 is 17.6 Å². The fraction of sp³-hybridized carbons (Fsp3) is 0.368. The van der Waals surface area contributed by atoms with Gasteiger partial charge in [-0.1, -0.05) is 26.0 Å². The Morgan fingerprint density at radius 3 is 2.50 bits per heavy atom. The molecule has 1 aromatic heterocycles. The Bertz CT molecular complexity index is 894. The van der Waals surface area contributed by atoms with Crippen LogP contribution in [0.4, 0.5) is 18.9 Å². The van der Waals surface area contributed by atoms with Gasteiger partial charge in [-0.25, -0.2) is 0 Å². The Morgan fingerprint density at radius 1 is 1.19 bits per heavy atom. The Kier molecular flexibility index (Phi) is 4.21. The van der Waals surface area contributed by atoms with Crippen molar-refractivity contribution in [2.24, 2.45) is 5.41 Å². The van der Waals surface area contributed by atoms with Gasteiger partial charge >= 0.3 is 6.18 Å². The van der Waals surface area contributed by atoms with E-state index in [1.807, 2.05) is 13.8 Å². The molecule has 0 saturated heterocycles. The van der Waals surface area contributed by atoms with Gasteiger partial charge in [-0.3, -0.25) is 9.59 Å². The molecule has 0 aliphatic heterocycles. The van der Waals surface area contributed by atoms with Gasteiger partial charge in [-0.2, -0.15) is 13.2 Å². The minimum atomic E-state index is -4.60. The van der Waals surface area contributed by atoms with Crippen molar-refractivity contribution in [2.45, 2.75) is 39.8 Å². The van der Waals surface area contributed by atoms with Gasteiger partial charge in [0.2, 0.25) is 0 Å². The van der Waals surface area contributed by atoms with Crippen molar-refractivity contribution in [3.05, 3.63) is 52.5 Å². The van der Waals surface area contributed by atoms with E-state index in [2.05, 4.69) is 5.32 Å². The van der Waals surface area contributed by atoms with E-state index in [-0.39, 0.29) is 22.6 Å². The number of anilines is 1. The number of hydrogen-bond acceptors (Lipinski definition) is 3. The van der Waals surface area contributed by atoms with Crippen LogP contribution in [0.3, 0.4) is 0 Å². The lowest BCUT2D eigenvalue weighted by molar-refractivity contribution is -0.136. The van der Waals surface area contributed by atoms with Crippen molar-refractivity contribution in [2.75, 3.05) is 5.32 Å². The number of para-hydroxylation sites is 1. The summed E-state index contributed by atoms with van der Waals surface area (Å²) in [6, 6.07) is 4.71. The number of alkyl halides is 3. The van der Waals surface area contributed by atoms with Crippen molar-refractivity contribution >= 4 is 17.4 Å². The average molecular weight is 365 g/mol. The van der Waals surface area contributed by atoms with Crippen molar-refractivity contribution in [3.8, 4) is 0 Å². The van der Waals surface area contributed by atoms with Crippen molar-refractivity contribution < 1.29 is 27.2 Å². The van der Waals surface area contributed by atoms with E-state index in [9.17, 15) is 22.8 Å². The predicted octanol–water partition coefficient (Wildman–Crippen LogP) is 5.01. The van der Waals surface area contributed by atoms with Gasteiger partial charge in [-0.15, -0.1) is 0 Å². The van der Waals surface area contributed by atoms with E-state index in [1.54, 1.807) is 6.92 Å². The topological polar surface area (TPSA) is 59.3 Å². The van der Waals surface area contributed by atoms with Crippen LogP contribution in [-0.4, -0.2) is 11.7 Å². The molecule has 1 amide bonds. The molecule has 1 aliphatic carbocycles. The predicted molar refractivity (Wildman–Crippen MR) is 89.3 cm³/mol. The number of hydrogen-bond donors (Lipinski definition) is 1. The van der Waals surface area contributed by atoms with Crippen molar-refractivity contribution in [1.29, 1.82) is 0 Å². The molecule has 0 spiro atoms. The molecule has 1 aromatic carbocycles. The number of halogens is 3. The number of furan rings is 1. The monoisotopic (exact) mass is 365 g/mol. The van der Waals surface area contributed by atoms with E-state index in [0.717, 1.165) is 6.07 Å². The lowest BCUT2D eigenvalue weighted by Crippen LogP contribution is -2.26. The summed E-state index contributed by atoms with van der Waals surface area (Å²) in [5.41, 5.74) is -0.851. The fourth-order valence-corrected chi connectivity index (χ4v) is 3.32. The second kappa shape index (κ2) is 6.00. The molecule has 138 valence electrons. The van der Waals surface area contributed by atoms with Crippen LogP contribution in [-0.2, 0) is 12.6 Å². The molecule has 0 fully saturated rings. The highest BCUT2D eigenvalue weighted by Crippen LogP contribution is 2.39. The smallest absolute Gasteiger partial charge is 0.418 e. The summed E-state index contributed by atoms with van der Waals surface area (Å²) in [7, 11) is 0. The number of carbonyl (C=O) groups excluding carboxylic acids is 2. The number of amides is 1. The highest BCUT2D eigenvalue weighted by molar-refractivity contribution is 6.08. The summed E-state index contributed by atoms with van der Waals surface area (Å²) >= 11 is 0. The van der Waals surface area contributed by atoms with Crippen LogP contribution in [0.5, 0.6) is 0 Å². The number of ketones is 1. The minimum absolute atomic E-state index is 0.118. The molecule has 0 radical (unpaired) electrons. The third kappa shape index (κ3) is 3.25. The molecule has 2 aromatic rings. The Balaban J connectivity index is 1.95. The summed E-state index contributed by atoms with van der Waals surface area (Å²) in [5.74, 6) is -0.637. The molecule has 0 bridgehead atoms. The van der Waals surface area contributed by atoms with E-state index in [4.69, 9.17) is 4.42 Å². The second-order valence-corrected chi connectivity index (χ2v) is 7.29. The van der Waals surface area contributed by atoms with Gasteiger partial charge in [0.15, 0.2) is 11.5 Å². The number of Topliss-reactive ketones (excluding diaryl/α,β-unsaturated/α-hetero) is 1. The maximum atomic E-state index is 13.1. The lowest BCUT2D eigenvalue weighted by Gasteiger charge is -2.27. The Hall–Kier alpha value is -2.57. The molecule has 0 saturated carbocycles. The second-order valence-electron chi connectivity index (χ2n) is 7.29. The van der Waals surface area contributed by atoms with Gasteiger partial charge in [0.1, 0.15) is 5.76 Å². The van der Waals surface area contributed by atoms with Crippen LogP contribution in [0.15, 0.2) is 28.7 Å². The number of carbonyl (C=O) groups is 2. The van der Waals surface area contributed by atoms with Crippen LogP contribution in [0.1, 0.15) is 58.1 Å². The summed E-state index contributed by atoms with van der Waals surface area (Å²) < 4.78 is 44.8. The van der Waals surface area contributed by atoms with Crippen LogP contribution >= 0.6 is 0 Å². The van der Waals surface area contributed by atoms with Gasteiger partial charge < -0.3 is 9.73 Å². The first-order valence-corrected chi connectivity index (χ1v) is 8.13. The average Bonchev–Trinajstić information content (AvgIpc) is 2.82. The van der Waals surface area contributed by atoms with Crippen molar-refractivity contribution in [3.63, 3.8) is 0 Å². The number of nitrogens with one attached hydrogen (secondary N) is 1. The zero-order chi connectivity index (χ0) is 19.3. The molecule has 0 atom stereocenters. The van der Waals surface area contributed by atoms with Gasteiger partial charge in [0, 0.05) is 18.4 Å². The number of rotatable bonds is 2. The van der Waals surface area contributed by atoms with E-state index in [1.165, 1.54) is 18.2 Å². The molecular weight excluding hydrogens is 347 g/mol. The SMILES string of the molecule is Cc1c(C(=O)Nc2ccccc2C(F)(F)F)oc2c1C(=O)CC(C)(C)C2. The Labute approximate surface area is 148 Å². The lowest BCUT2D eigenvalue weighted by atomic mass is 9.76. The van der Waals surface area contributed by atoms with E-state index in [0.29, 0.717) is 29.7 Å². The number of benzene rings is 1. The summed E-state index contributed by atoms with van der Waals surface area (Å²) in [5, 5.41) is 2.25. The fourth-order valence-electron chi connectivity index (χ4n) is 3.32. The molecule has 0 unspecified atom stereocenters. The first-order valence-electron chi connectivity index (χ1n) is 8.13. The molecule has 1 aliphatic rings. The third-order valence-electron chi connectivity index (χ3n) is 4.46. The molecule has 4 nitrogen and oxygen atoms in total. The standard InChI is InChI=1S/C19H18F3NO3/c1-10-15-13(24)8-18(2,3)9-14(15)26-16(10)17(25)23-12-7-5-4-6-11(12)19(20,21)22/h4-7H,8-9H2,1-3H3,(H,23,25). The van der Waals surface area contributed by atoms with Gasteiger partial charge in [-0.05, 0) is 24.5 Å². The zero-order valence-electron chi connectivity index (χ0n) is 14.6. The van der Waals surface area contributed by atoms with Gasteiger partial charge in [0.05, 0.1) is 16.8 Å². The zero-order valence-corrected chi connectivity index (χ0v) is 14.6. The van der Waals surface area contributed by atoms with E-state index >= 15 is 0 Å². The Morgan fingerprint density at radius 2 is 1.85 bits per heavy atom. The molecular formula is C19H18F3NO3. The van der Waals surface area contributed by atoms with Crippen LogP contribution in [0.25, 0.3) is 0 Å². The molecule has 26 heavy (non-hydrogen) atoms. The van der Waals surface area contributed by atoms with Crippen molar-refractivity contribution in [1.82, 2.24) is 0 Å². The highest BCUT2D eigenvalue weighted by Gasteiger charge is 2.38. The molecule has 3 rings (SSSR count). The minimum Gasteiger partial charge on any atom is -0.455 e. The summed E-state index contributed by atoms with van der Waals surface area (Å²) in [6.45, 7) is 5.42. The van der Waals surface area contributed by atoms with Gasteiger partial charge in [0.25, 0.3) is 5.91 Å². The summed E-state index contributed by atoms with van der Waals surface area (Å²) in [4.78, 5) is 24.9. The normalized spacial score (nSPS) is 16.3. The first-order chi connectivity index (χ1) is 12.0. The molecule has 1 heterocycles. The summed E-state index contributed by atoms with van der Waals surface area (Å²) in [6.07, 6.45) is -3.78. The third-order valence-corrected chi connectivity index (χ3v) is 4.46. The quantitative estimate of drug-likeness (QED) is 0.813. The largest absolute Gasteiger partial charge is 0.455 e. The van der Waals surface area contributed by atoms with Crippen LogP contribution in [0.2, 0.25) is 0 Å². The highest BCUT2D eigenvalue weighted by atomic mass is 19.4. The maximum Gasteiger partial charge on any atom is 0.418 e. The first kappa shape index (κ1) is 18.2. The van der Waals surface area contributed by atoms with Crippen LogP contribution < -0.4 is 5.32 Å².